The van der Waals surface area contributed by atoms with E-state index in [1.807, 2.05) is 0 Å². The lowest BCUT2D eigenvalue weighted by Crippen LogP contribution is -2.13. The molecule has 1 N–H and O–H groups in total. The largest absolute Gasteiger partial charge is 0.451 e. The molecule has 78 valence electrons. The first-order chi connectivity index (χ1) is 6.43. The number of hydrogen-bond acceptors (Lipinski definition) is 3. The second-order valence-electron chi connectivity index (χ2n) is 2.43. The molecule has 1 rings (SSSR count). The van der Waals surface area contributed by atoms with E-state index in [9.17, 15) is 13.2 Å². The Morgan fingerprint density at radius 2 is 2.07 bits per heavy atom. The van der Waals surface area contributed by atoms with E-state index in [2.05, 4.69) is 15.3 Å². The standard InChI is InChI=1S/C7H7ClF3N3/c1-2-12-5-3-4(8)13-6(14-5)7(9,10)11/h3H,2H2,1H3,(H,12,13,14). The van der Waals surface area contributed by atoms with Gasteiger partial charge in [-0.15, -0.1) is 0 Å². The SMILES string of the molecule is CCNc1cc(Cl)nc(C(F)(F)F)n1. The first-order valence-electron chi connectivity index (χ1n) is 3.79. The van der Waals surface area contributed by atoms with Gasteiger partial charge < -0.3 is 5.32 Å². The minimum atomic E-state index is -4.57. The summed E-state index contributed by atoms with van der Waals surface area (Å²) in [6.45, 7) is 2.20. The van der Waals surface area contributed by atoms with Crippen LogP contribution in [0.2, 0.25) is 5.15 Å². The summed E-state index contributed by atoms with van der Waals surface area (Å²) >= 11 is 5.40. The summed E-state index contributed by atoms with van der Waals surface area (Å²) in [5.41, 5.74) is 0. The highest BCUT2D eigenvalue weighted by molar-refractivity contribution is 6.29. The van der Waals surface area contributed by atoms with Crippen LogP contribution in [0.1, 0.15) is 12.7 Å². The summed E-state index contributed by atoms with van der Waals surface area (Å²) < 4.78 is 36.5. The number of nitrogens with zero attached hydrogens (tertiary/aromatic N) is 2. The highest BCUT2D eigenvalue weighted by atomic mass is 35.5. The second kappa shape index (κ2) is 4.00. The van der Waals surface area contributed by atoms with Crippen molar-refractivity contribution in [3.8, 4) is 0 Å². The molecule has 0 atom stereocenters. The van der Waals surface area contributed by atoms with Crippen LogP contribution in [0.5, 0.6) is 0 Å². The molecule has 0 aromatic carbocycles. The van der Waals surface area contributed by atoms with Crippen molar-refractivity contribution >= 4 is 17.4 Å². The van der Waals surface area contributed by atoms with Gasteiger partial charge in [0.05, 0.1) is 0 Å². The van der Waals surface area contributed by atoms with E-state index in [1.165, 1.54) is 6.07 Å². The van der Waals surface area contributed by atoms with Gasteiger partial charge in [0.1, 0.15) is 11.0 Å². The fourth-order valence-electron chi connectivity index (χ4n) is 0.816. The number of aromatic nitrogens is 2. The maximum Gasteiger partial charge on any atom is 0.451 e. The molecule has 1 aromatic rings. The van der Waals surface area contributed by atoms with Gasteiger partial charge in [-0.25, -0.2) is 9.97 Å². The number of rotatable bonds is 2. The lowest BCUT2D eigenvalue weighted by Gasteiger charge is -2.07. The molecule has 1 aromatic heterocycles. The highest BCUT2D eigenvalue weighted by Gasteiger charge is 2.35. The quantitative estimate of drug-likeness (QED) is 0.786. The first-order valence-corrected chi connectivity index (χ1v) is 4.17. The normalized spacial score (nSPS) is 11.5. The van der Waals surface area contributed by atoms with Gasteiger partial charge in [-0.05, 0) is 6.92 Å². The van der Waals surface area contributed by atoms with E-state index in [0.29, 0.717) is 6.54 Å². The van der Waals surface area contributed by atoms with Crippen molar-refractivity contribution in [3.63, 3.8) is 0 Å². The minimum Gasteiger partial charge on any atom is -0.370 e. The lowest BCUT2D eigenvalue weighted by molar-refractivity contribution is -0.144. The average molecular weight is 226 g/mol. The van der Waals surface area contributed by atoms with Gasteiger partial charge >= 0.3 is 6.18 Å². The van der Waals surface area contributed by atoms with E-state index >= 15 is 0 Å². The maximum atomic E-state index is 12.2. The van der Waals surface area contributed by atoms with Gasteiger partial charge in [0.2, 0.25) is 5.82 Å². The van der Waals surface area contributed by atoms with Crippen LogP contribution in [0.15, 0.2) is 6.07 Å². The van der Waals surface area contributed by atoms with Crippen LogP contribution in [-0.2, 0) is 6.18 Å². The zero-order valence-corrected chi connectivity index (χ0v) is 7.95. The third-order valence-corrected chi connectivity index (χ3v) is 1.50. The number of hydrogen-bond donors (Lipinski definition) is 1. The zero-order valence-electron chi connectivity index (χ0n) is 7.19. The molecular weight excluding hydrogens is 219 g/mol. The van der Waals surface area contributed by atoms with Crippen LogP contribution in [0.25, 0.3) is 0 Å². The van der Waals surface area contributed by atoms with Gasteiger partial charge in [-0.1, -0.05) is 11.6 Å². The van der Waals surface area contributed by atoms with Crippen LogP contribution in [0.3, 0.4) is 0 Å². The number of halogens is 4. The molecule has 1 heterocycles. The summed E-state index contributed by atoms with van der Waals surface area (Å²) in [4.78, 5) is 6.34. The fraction of sp³-hybridized carbons (Fsp3) is 0.429. The highest BCUT2D eigenvalue weighted by Crippen LogP contribution is 2.28. The van der Waals surface area contributed by atoms with Crippen molar-refractivity contribution < 1.29 is 13.2 Å². The Labute approximate surface area is 83.3 Å². The third-order valence-electron chi connectivity index (χ3n) is 1.31. The van der Waals surface area contributed by atoms with E-state index in [0.717, 1.165) is 0 Å². The summed E-state index contributed by atoms with van der Waals surface area (Å²) in [7, 11) is 0. The molecule has 0 bridgehead atoms. The predicted octanol–water partition coefficient (Wildman–Crippen LogP) is 2.58. The van der Waals surface area contributed by atoms with Gasteiger partial charge in [0, 0.05) is 12.6 Å². The summed E-state index contributed by atoms with van der Waals surface area (Å²) in [5, 5.41) is 2.39. The van der Waals surface area contributed by atoms with Gasteiger partial charge in [-0.2, -0.15) is 13.2 Å². The molecule has 7 heteroatoms. The van der Waals surface area contributed by atoms with Crippen LogP contribution < -0.4 is 5.32 Å². The summed E-state index contributed by atoms with van der Waals surface area (Å²) in [5.74, 6) is -1.17. The Hall–Kier alpha value is -1.04. The molecule has 0 unspecified atom stereocenters. The summed E-state index contributed by atoms with van der Waals surface area (Å²) in [6, 6.07) is 1.24. The van der Waals surface area contributed by atoms with Crippen LogP contribution in [0.4, 0.5) is 19.0 Å². The average Bonchev–Trinajstić information content (AvgIpc) is 2.02. The minimum absolute atomic E-state index is 0.0693. The predicted molar refractivity (Wildman–Crippen MR) is 46.2 cm³/mol. The van der Waals surface area contributed by atoms with E-state index in [-0.39, 0.29) is 11.0 Å². The Bertz CT molecular complexity index is 326. The van der Waals surface area contributed by atoms with Crippen LogP contribution in [-0.4, -0.2) is 16.5 Å². The van der Waals surface area contributed by atoms with Gasteiger partial charge in [0.15, 0.2) is 0 Å². The van der Waals surface area contributed by atoms with Crippen LogP contribution >= 0.6 is 11.6 Å². The van der Waals surface area contributed by atoms with Crippen molar-refractivity contribution in [2.75, 3.05) is 11.9 Å². The molecule has 14 heavy (non-hydrogen) atoms. The molecule has 0 radical (unpaired) electrons. The molecule has 3 nitrogen and oxygen atoms in total. The molecule has 0 saturated carbocycles. The van der Waals surface area contributed by atoms with E-state index < -0.39 is 12.0 Å². The molecule has 0 fully saturated rings. The Morgan fingerprint density at radius 3 is 2.57 bits per heavy atom. The lowest BCUT2D eigenvalue weighted by atomic mass is 10.5. The third kappa shape index (κ3) is 2.73. The monoisotopic (exact) mass is 225 g/mol. The number of alkyl halides is 3. The molecule has 0 aliphatic carbocycles. The van der Waals surface area contributed by atoms with Gasteiger partial charge in [0.25, 0.3) is 0 Å². The van der Waals surface area contributed by atoms with Crippen molar-refractivity contribution in [1.82, 2.24) is 9.97 Å². The summed E-state index contributed by atoms with van der Waals surface area (Å²) in [6.07, 6.45) is -4.57. The van der Waals surface area contributed by atoms with Crippen molar-refractivity contribution in [2.45, 2.75) is 13.1 Å². The van der Waals surface area contributed by atoms with E-state index in [4.69, 9.17) is 11.6 Å². The van der Waals surface area contributed by atoms with Crippen molar-refractivity contribution in [1.29, 1.82) is 0 Å². The number of nitrogens with one attached hydrogen (secondary N) is 1. The molecule has 0 aliphatic rings. The smallest absolute Gasteiger partial charge is 0.370 e. The number of anilines is 1. The van der Waals surface area contributed by atoms with Crippen LogP contribution in [0, 0.1) is 0 Å². The molecule has 0 spiro atoms. The maximum absolute atomic E-state index is 12.2. The van der Waals surface area contributed by atoms with Gasteiger partial charge in [-0.3, -0.25) is 0 Å². The Balaban J connectivity index is 3.07. The molecule has 0 aliphatic heterocycles. The van der Waals surface area contributed by atoms with Crippen molar-refractivity contribution in [2.24, 2.45) is 0 Å². The molecular formula is C7H7ClF3N3. The molecule has 0 amide bonds. The van der Waals surface area contributed by atoms with E-state index in [1.54, 1.807) is 6.92 Å². The first kappa shape index (κ1) is 11.0. The second-order valence-corrected chi connectivity index (χ2v) is 2.81. The molecule has 0 saturated heterocycles. The Kier molecular flexibility index (Phi) is 3.15. The topological polar surface area (TPSA) is 37.8 Å². The fourth-order valence-corrected chi connectivity index (χ4v) is 0.999. The Morgan fingerprint density at radius 1 is 1.43 bits per heavy atom. The zero-order chi connectivity index (χ0) is 10.8. The van der Waals surface area contributed by atoms with Crippen molar-refractivity contribution in [3.05, 3.63) is 17.0 Å².